The normalized spacial score (nSPS) is 33.0. The molecule has 4 aliphatic rings. The second-order valence-electron chi connectivity index (χ2n) is 13.1. The van der Waals surface area contributed by atoms with Crippen molar-refractivity contribution >= 4 is 17.9 Å². The van der Waals surface area contributed by atoms with Crippen molar-refractivity contribution in [2.75, 3.05) is 13.2 Å². The fraction of sp³-hybridized carbons (Fsp3) is 0.885. The van der Waals surface area contributed by atoms with Crippen molar-refractivity contribution in [1.29, 1.82) is 0 Å². The fourth-order valence-electron chi connectivity index (χ4n) is 6.63. The molecule has 0 radical (unpaired) electrons. The Balaban J connectivity index is 1.47. The van der Waals surface area contributed by atoms with Gasteiger partial charge in [0.1, 0.15) is 5.60 Å². The molecule has 6 unspecified atom stereocenters. The minimum Gasteiger partial charge on any atom is -0.456 e. The molecule has 4 bridgehead atoms. The predicted octanol–water partition coefficient (Wildman–Crippen LogP) is 4.93. The summed E-state index contributed by atoms with van der Waals surface area (Å²) in [5.74, 6) is 0.638. The van der Waals surface area contributed by atoms with Crippen LogP contribution in [0.2, 0.25) is 0 Å². The number of carbonyl (C=O) groups excluding carboxylic acids is 3. The quantitative estimate of drug-likeness (QED) is 0.404. The van der Waals surface area contributed by atoms with E-state index in [1.54, 1.807) is 0 Å². The van der Waals surface area contributed by atoms with E-state index in [2.05, 4.69) is 20.8 Å². The Labute approximate surface area is 193 Å². The second kappa shape index (κ2) is 8.32. The average molecular weight is 451 g/mol. The highest BCUT2D eigenvalue weighted by Gasteiger charge is 2.62. The average Bonchev–Trinajstić information content (AvgIpc) is 3.03. The van der Waals surface area contributed by atoms with E-state index in [0.29, 0.717) is 24.2 Å². The highest BCUT2D eigenvalue weighted by atomic mass is 16.6. The Morgan fingerprint density at radius 1 is 0.844 bits per heavy atom. The molecule has 0 N–H and O–H groups in total. The number of hydrogen-bond acceptors (Lipinski definition) is 6. The lowest BCUT2D eigenvalue weighted by atomic mass is 9.61. The summed E-state index contributed by atoms with van der Waals surface area (Å²) in [7, 11) is 0. The van der Waals surface area contributed by atoms with E-state index in [0.717, 1.165) is 25.2 Å². The van der Waals surface area contributed by atoms with Crippen LogP contribution in [-0.4, -0.2) is 36.7 Å². The van der Waals surface area contributed by atoms with Gasteiger partial charge in [-0.15, -0.1) is 0 Å². The molecular formula is C26H42O6. The molecule has 0 spiro atoms. The standard InChI is InChI=1S/C26H42O6/c1-23(2,3)15-25(7,24(4,5)6)22(29)31-13-20(27)30-14-21(28)32-26(8)18-10-16-9-17(12-18)19(26)11-16/h16-19H,9-15H2,1-8H3. The van der Waals surface area contributed by atoms with Crippen molar-refractivity contribution in [3.63, 3.8) is 0 Å². The molecule has 4 aliphatic carbocycles. The van der Waals surface area contributed by atoms with Gasteiger partial charge in [-0.05, 0) is 74.5 Å². The highest BCUT2D eigenvalue weighted by Crippen LogP contribution is 2.63. The van der Waals surface area contributed by atoms with Crippen LogP contribution in [0.1, 0.15) is 87.5 Å². The van der Waals surface area contributed by atoms with E-state index in [1.807, 2.05) is 34.6 Å². The van der Waals surface area contributed by atoms with E-state index >= 15 is 0 Å². The second-order valence-corrected chi connectivity index (χ2v) is 13.1. The van der Waals surface area contributed by atoms with Gasteiger partial charge in [-0.2, -0.15) is 0 Å². The molecule has 4 fully saturated rings. The van der Waals surface area contributed by atoms with E-state index in [4.69, 9.17) is 14.2 Å². The van der Waals surface area contributed by atoms with E-state index in [-0.39, 0.29) is 10.8 Å². The summed E-state index contributed by atoms with van der Waals surface area (Å²) in [6.45, 7) is 15.2. The van der Waals surface area contributed by atoms with Crippen molar-refractivity contribution in [2.24, 2.45) is 39.9 Å². The Kier molecular flexibility index (Phi) is 6.51. The molecule has 4 rings (SSSR count). The molecular weight excluding hydrogens is 408 g/mol. The van der Waals surface area contributed by atoms with Gasteiger partial charge in [-0.25, -0.2) is 9.59 Å². The summed E-state index contributed by atoms with van der Waals surface area (Å²) >= 11 is 0. The molecule has 0 amide bonds. The largest absolute Gasteiger partial charge is 0.456 e. The molecule has 0 aromatic carbocycles. The third-order valence-electron chi connectivity index (χ3n) is 8.54. The molecule has 0 aromatic heterocycles. The molecule has 0 aliphatic heterocycles. The lowest BCUT2D eigenvalue weighted by Crippen LogP contribution is -2.45. The van der Waals surface area contributed by atoms with Crippen LogP contribution in [-0.2, 0) is 28.6 Å². The lowest BCUT2D eigenvalue weighted by molar-refractivity contribution is -0.182. The Morgan fingerprint density at radius 3 is 2.03 bits per heavy atom. The van der Waals surface area contributed by atoms with Gasteiger partial charge in [0.05, 0.1) is 5.41 Å². The Bertz CT molecular complexity index is 755. The zero-order chi connectivity index (χ0) is 24.1. The Morgan fingerprint density at radius 2 is 1.47 bits per heavy atom. The van der Waals surface area contributed by atoms with Crippen molar-refractivity contribution in [2.45, 2.75) is 93.1 Å². The third-order valence-corrected chi connectivity index (χ3v) is 8.54. The summed E-state index contributed by atoms with van der Waals surface area (Å²) in [6, 6.07) is 0. The third kappa shape index (κ3) is 4.84. The highest BCUT2D eigenvalue weighted by molar-refractivity contribution is 5.82. The van der Waals surface area contributed by atoms with Gasteiger partial charge in [-0.3, -0.25) is 4.79 Å². The molecule has 0 saturated heterocycles. The molecule has 32 heavy (non-hydrogen) atoms. The van der Waals surface area contributed by atoms with Crippen LogP contribution in [0.15, 0.2) is 0 Å². The maximum absolute atomic E-state index is 12.9. The minimum atomic E-state index is -0.764. The van der Waals surface area contributed by atoms with E-state index in [9.17, 15) is 14.4 Å². The Hall–Kier alpha value is -1.59. The number of carbonyl (C=O) groups is 3. The van der Waals surface area contributed by atoms with Gasteiger partial charge in [0.25, 0.3) is 0 Å². The van der Waals surface area contributed by atoms with Crippen LogP contribution < -0.4 is 0 Å². The fourth-order valence-corrected chi connectivity index (χ4v) is 6.63. The van der Waals surface area contributed by atoms with Crippen LogP contribution in [0.25, 0.3) is 0 Å². The van der Waals surface area contributed by atoms with E-state index in [1.165, 1.54) is 6.42 Å². The first-order valence-electron chi connectivity index (χ1n) is 12.1. The van der Waals surface area contributed by atoms with Crippen LogP contribution in [0.3, 0.4) is 0 Å². The molecule has 182 valence electrons. The topological polar surface area (TPSA) is 78.9 Å². The summed E-state index contributed by atoms with van der Waals surface area (Å²) in [5, 5.41) is 0. The smallest absolute Gasteiger partial charge is 0.344 e. The van der Waals surface area contributed by atoms with Crippen LogP contribution >= 0.6 is 0 Å². The number of esters is 3. The first-order chi connectivity index (χ1) is 14.5. The van der Waals surface area contributed by atoms with Crippen molar-refractivity contribution in [3.05, 3.63) is 0 Å². The molecule has 0 aromatic rings. The van der Waals surface area contributed by atoms with Crippen molar-refractivity contribution < 1.29 is 28.6 Å². The minimum absolute atomic E-state index is 0.0829. The van der Waals surface area contributed by atoms with Gasteiger partial charge in [0.15, 0.2) is 13.2 Å². The number of rotatable bonds is 7. The molecule has 6 atom stereocenters. The molecule has 6 heteroatoms. The summed E-state index contributed by atoms with van der Waals surface area (Å²) < 4.78 is 16.3. The van der Waals surface area contributed by atoms with Gasteiger partial charge >= 0.3 is 17.9 Å². The van der Waals surface area contributed by atoms with Gasteiger partial charge in [0, 0.05) is 5.92 Å². The van der Waals surface area contributed by atoms with Gasteiger partial charge in [-0.1, -0.05) is 41.5 Å². The van der Waals surface area contributed by atoms with Gasteiger partial charge in [0.2, 0.25) is 0 Å². The van der Waals surface area contributed by atoms with E-state index < -0.39 is 42.1 Å². The molecule has 0 heterocycles. The molecule has 4 saturated carbocycles. The SMILES string of the molecule is CC(C)(C)CC(C)(C(=O)OCC(=O)OCC(=O)OC1(C)C2CC3CC(C2)C1C3)C(C)(C)C. The van der Waals surface area contributed by atoms with Crippen molar-refractivity contribution in [3.8, 4) is 0 Å². The summed E-state index contributed by atoms with van der Waals surface area (Å²) in [4.78, 5) is 37.5. The first-order valence-corrected chi connectivity index (χ1v) is 12.1. The number of hydrogen-bond donors (Lipinski definition) is 0. The monoisotopic (exact) mass is 450 g/mol. The van der Waals surface area contributed by atoms with Crippen molar-refractivity contribution in [1.82, 2.24) is 0 Å². The van der Waals surface area contributed by atoms with Crippen LogP contribution in [0, 0.1) is 39.9 Å². The van der Waals surface area contributed by atoms with Gasteiger partial charge < -0.3 is 14.2 Å². The zero-order valence-corrected chi connectivity index (χ0v) is 21.2. The maximum atomic E-state index is 12.9. The number of ether oxygens (including phenoxy) is 3. The summed E-state index contributed by atoms with van der Waals surface area (Å²) in [5.41, 5.74) is -1.63. The maximum Gasteiger partial charge on any atom is 0.344 e. The zero-order valence-electron chi connectivity index (χ0n) is 21.2. The summed E-state index contributed by atoms with van der Waals surface area (Å²) in [6.07, 6.45) is 5.29. The predicted molar refractivity (Wildman–Crippen MR) is 120 cm³/mol. The molecule has 6 nitrogen and oxygen atoms in total. The first kappa shape index (κ1) is 25.0. The van der Waals surface area contributed by atoms with Crippen LogP contribution in [0.5, 0.6) is 0 Å². The van der Waals surface area contributed by atoms with Crippen LogP contribution in [0.4, 0.5) is 0 Å². The lowest BCUT2D eigenvalue weighted by Gasteiger charge is -2.43.